The number of anilines is 1. The molecule has 10 rings (SSSR count). The second kappa shape index (κ2) is 18.0. The van der Waals surface area contributed by atoms with Gasteiger partial charge in [-0.3, -0.25) is 4.99 Å². The maximum Gasteiger partial charge on any atom is 0.0640 e. The highest BCUT2D eigenvalue weighted by Crippen LogP contribution is 2.41. The van der Waals surface area contributed by atoms with Crippen LogP contribution in [0.2, 0.25) is 0 Å². The molecule has 0 radical (unpaired) electrons. The first-order valence-corrected chi connectivity index (χ1v) is 22.2. The van der Waals surface area contributed by atoms with E-state index >= 15 is 0 Å². The van der Waals surface area contributed by atoms with Crippen LogP contribution in [0.25, 0.3) is 43.8 Å². The van der Waals surface area contributed by atoms with E-state index in [1.807, 2.05) is 12.3 Å². The molecular formula is C58H53N3. The van der Waals surface area contributed by atoms with E-state index in [-0.39, 0.29) is 6.04 Å². The van der Waals surface area contributed by atoms with E-state index in [1.165, 1.54) is 71.9 Å². The van der Waals surface area contributed by atoms with E-state index in [4.69, 9.17) is 4.99 Å². The summed E-state index contributed by atoms with van der Waals surface area (Å²) in [6.07, 6.45) is 34.1. The van der Waals surface area contributed by atoms with Crippen molar-refractivity contribution >= 4 is 44.6 Å². The zero-order valence-electron chi connectivity index (χ0n) is 34.8. The second-order valence-corrected chi connectivity index (χ2v) is 16.9. The summed E-state index contributed by atoms with van der Waals surface area (Å²) in [7, 11) is 0. The smallest absolute Gasteiger partial charge is 0.0640 e. The fourth-order valence-corrected chi connectivity index (χ4v) is 9.88. The van der Waals surface area contributed by atoms with E-state index in [2.05, 4.69) is 199 Å². The van der Waals surface area contributed by atoms with Gasteiger partial charge in [0.05, 0.1) is 6.54 Å². The maximum atomic E-state index is 4.91. The van der Waals surface area contributed by atoms with Crippen molar-refractivity contribution in [3.63, 3.8) is 0 Å². The van der Waals surface area contributed by atoms with Crippen LogP contribution in [-0.2, 0) is 6.54 Å². The minimum atomic E-state index is 0.267. The molecule has 0 aromatic heterocycles. The third kappa shape index (κ3) is 8.58. The lowest BCUT2D eigenvalue weighted by Gasteiger charge is -2.35. The van der Waals surface area contributed by atoms with Crippen LogP contribution in [0.15, 0.2) is 205 Å². The number of nitrogens with zero attached hydrogens (tertiary/aromatic N) is 1. The zero-order valence-corrected chi connectivity index (χ0v) is 34.8. The molecule has 0 aliphatic heterocycles. The number of aliphatic imine (C=N–C) groups is 1. The first kappa shape index (κ1) is 38.6. The molecule has 3 heteroatoms. The monoisotopic (exact) mass is 791 g/mol. The van der Waals surface area contributed by atoms with Gasteiger partial charge in [0.15, 0.2) is 0 Å². The van der Waals surface area contributed by atoms with Crippen molar-refractivity contribution < 1.29 is 0 Å². The Hall–Kier alpha value is -6.55. The lowest BCUT2D eigenvalue weighted by molar-refractivity contribution is 0.337. The number of benzene rings is 6. The molecule has 2 N–H and O–H groups in total. The number of hydrogen-bond acceptors (Lipinski definition) is 3. The molecule has 0 fully saturated rings. The Labute approximate surface area is 361 Å². The second-order valence-electron chi connectivity index (χ2n) is 16.9. The molecule has 0 saturated carbocycles. The van der Waals surface area contributed by atoms with Gasteiger partial charge in [-0.05, 0) is 129 Å². The number of hydrogen-bond donors (Lipinski definition) is 2. The molecule has 61 heavy (non-hydrogen) atoms. The number of nitrogens with one attached hydrogen (secondary N) is 2. The highest BCUT2D eigenvalue weighted by molar-refractivity contribution is 6.11. The molecule has 0 bridgehead atoms. The van der Waals surface area contributed by atoms with Gasteiger partial charge in [-0.15, -0.1) is 0 Å². The van der Waals surface area contributed by atoms with Gasteiger partial charge >= 0.3 is 0 Å². The number of fused-ring (bicyclic) bond motifs is 3. The first-order chi connectivity index (χ1) is 30.2. The Morgan fingerprint density at radius 1 is 0.689 bits per heavy atom. The van der Waals surface area contributed by atoms with Gasteiger partial charge in [0.25, 0.3) is 0 Å². The van der Waals surface area contributed by atoms with Crippen LogP contribution in [0, 0.1) is 11.8 Å². The van der Waals surface area contributed by atoms with E-state index in [0.717, 1.165) is 44.1 Å². The van der Waals surface area contributed by atoms with Crippen LogP contribution < -0.4 is 10.6 Å². The van der Waals surface area contributed by atoms with Crippen LogP contribution in [0.5, 0.6) is 0 Å². The van der Waals surface area contributed by atoms with Crippen molar-refractivity contribution in [2.45, 2.75) is 57.2 Å². The van der Waals surface area contributed by atoms with Crippen LogP contribution in [0.3, 0.4) is 0 Å². The molecule has 0 heterocycles. The van der Waals surface area contributed by atoms with Crippen molar-refractivity contribution in [1.82, 2.24) is 5.32 Å². The predicted octanol–water partition coefficient (Wildman–Crippen LogP) is 14.2. The minimum absolute atomic E-state index is 0.267. The quantitative estimate of drug-likeness (QED) is 0.101. The van der Waals surface area contributed by atoms with Crippen molar-refractivity contribution in [2.24, 2.45) is 16.8 Å². The highest BCUT2D eigenvalue weighted by Gasteiger charge is 2.30. The summed E-state index contributed by atoms with van der Waals surface area (Å²) in [5.41, 5.74) is 12.8. The van der Waals surface area contributed by atoms with Crippen LogP contribution in [-0.4, -0.2) is 18.3 Å². The lowest BCUT2D eigenvalue weighted by Crippen LogP contribution is -2.44. The van der Waals surface area contributed by atoms with Gasteiger partial charge in [0.2, 0.25) is 0 Å². The van der Waals surface area contributed by atoms with Gasteiger partial charge in [-0.25, -0.2) is 0 Å². The topological polar surface area (TPSA) is 36.4 Å². The van der Waals surface area contributed by atoms with E-state index < -0.39 is 0 Å². The molecule has 4 aliphatic carbocycles. The van der Waals surface area contributed by atoms with Crippen molar-refractivity contribution in [3.8, 4) is 11.1 Å². The lowest BCUT2D eigenvalue weighted by atomic mass is 9.77. The Morgan fingerprint density at radius 2 is 1.54 bits per heavy atom. The first-order valence-electron chi connectivity index (χ1n) is 22.2. The largest absolute Gasteiger partial charge is 0.358 e. The zero-order chi connectivity index (χ0) is 40.8. The summed E-state index contributed by atoms with van der Waals surface area (Å²) in [6.45, 7) is 0.632. The summed E-state index contributed by atoms with van der Waals surface area (Å²) >= 11 is 0. The van der Waals surface area contributed by atoms with E-state index in [0.29, 0.717) is 24.4 Å². The van der Waals surface area contributed by atoms with Crippen LogP contribution in [0.4, 0.5) is 5.69 Å². The Bertz CT molecular complexity index is 2800. The van der Waals surface area contributed by atoms with Crippen LogP contribution >= 0.6 is 0 Å². The standard InChI is InChI=1S/C58H53N3/c1-4-16-41(17-5-1)39-59-40-42-36-54(53-35-32-43-18-10-11-25-50(43)55(53)37-42)47-22-14-21-46(38-47)51-26-12-13-28-56(51)60-49-33-30-44(31-34-49)52-27-15-29-57(61-48-23-8-3-9-24-48)58(52)45-19-6-2-7-20-45/h1-8,10-20,22-23,25-30,32,35-39,46,49,51,56,60-61H,9,21,24,31,33-34,40H2. The maximum absolute atomic E-state index is 4.91. The third-order valence-electron chi connectivity index (χ3n) is 12.9. The van der Waals surface area contributed by atoms with Gasteiger partial charge in [-0.2, -0.15) is 0 Å². The average molecular weight is 792 g/mol. The summed E-state index contributed by atoms with van der Waals surface area (Å²) in [6, 6.07) is 46.9. The van der Waals surface area contributed by atoms with Gasteiger partial charge in [-0.1, -0.05) is 170 Å². The van der Waals surface area contributed by atoms with E-state index in [9.17, 15) is 0 Å². The predicted molar refractivity (Wildman–Crippen MR) is 261 cm³/mol. The van der Waals surface area contributed by atoms with Crippen molar-refractivity contribution in [3.05, 3.63) is 222 Å². The van der Waals surface area contributed by atoms with Gasteiger partial charge in [0.1, 0.15) is 0 Å². The average Bonchev–Trinajstić information content (AvgIpc) is 3.32. The molecule has 4 unspecified atom stereocenters. The molecule has 0 spiro atoms. The summed E-state index contributed by atoms with van der Waals surface area (Å²) < 4.78 is 0. The normalized spacial score (nSPS) is 21.1. The summed E-state index contributed by atoms with van der Waals surface area (Å²) in [4.78, 5) is 4.91. The third-order valence-corrected chi connectivity index (χ3v) is 12.9. The Kier molecular flexibility index (Phi) is 11.4. The molecule has 6 aromatic carbocycles. The van der Waals surface area contributed by atoms with Gasteiger partial charge in [0, 0.05) is 41.2 Å². The molecule has 4 aliphatic rings. The van der Waals surface area contributed by atoms with E-state index in [1.54, 1.807) is 0 Å². The molecule has 300 valence electrons. The molecule has 0 saturated heterocycles. The number of rotatable bonds is 11. The fourth-order valence-electron chi connectivity index (χ4n) is 9.88. The molecular weight excluding hydrogens is 739 g/mol. The summed E-state index contributed by atoms with van der Waals surface area (Å²) in [5.74, 6) is 0.736. The molecule has 0 amide bonds. The SMILES string of the molecule is C1=CCCC(Nc2cccc(C3=CCC(NC4C=CC=CC4C4C=C(c5cc(CN=Cc6ccccc6)cc6c5ccc5ccccc56)C=CC4)CC3)c2-c2ccccc2)=C1. The minimum Gasteiger partial charge on any atom is -0.358 e. The molecule has 4 atom stereocenters. The molecule has 6 aromatic rings. The fraction of sp³-hybridized carbons (Fsp3) is 0.190. The summed E-state index contributed by atoms with van der Waals surface area (Å²) in [5, 5.41) is 13.1. The molecule has 3 nitrogen and oxygen atoms in total. The van der Waals surface area contributed by atoms with Crippen molar-refractivity contribution in [2.75, 3.05) is 5.32 Å². The Morgan fingerprint density at radius 3 is 2.39 bits per heavy atom. The van der Waals surface area contributed by atoms with Crippen molar-refractivity contribution in [1.29, 1.82) is 0 Å². The number of allylic oxidation sites excluding steroid dienone is 11. The van der Waals surface area contributed by atoms with Crippen LogP contribution in [0.1, 0.15) is 60.8 Å². The highest BCUT2D eigenvalue weighted by atomic mass is 15.0. The Balaban J connectivity index is 0.902. The van der Waals surface area contributed by atoms with Gasteiger partial charge < -0.3 is 10.6 Å².